The minimum Gasteiger partial charge on any atom is -0.491 e. The summed E-state index contributed by atoms with van der Waals surface area (Å²) < 4.78 is 11.7. The Morgan fingerprint density at radius 2 is 1.93 bits per heavy atom. The van der Waals surface area contributed by atoms with E-state index < -0.39 is 0 Å². The van der Waals surface area contributed by atoms with Crippen LogP contribution >= 0.6 is 11.6 Å². The van der Waals surface area contributed by atoms with Gasteiger partial charge in [-0.2, -0.15) is 0 Å². The zero-order valence-corrected chi connectivity index (χ0v) is 17.1. The Kier molecular flexibility index (Phi) is 6.47. The average Bonchev–Trinajstić information content (AvgIpc) is 2.98. The summed E-state index contributed by atoms with van der Waals surface area (Å²) in [6.45, 7) is 2.39. The van der Waals surface area contributed by atoms with E-state index in [4.69, 9.17) is 21.1 Å². The van der Waals surface area contributed by atoms with Gasteiger partial charge < -0.3 is 19.7 Å². The number of ether oxygens (including phenoxy) is 2. The van der Waals surface area contributed by atoms with E-state index in [1.165, 1.54) is 0 Å². The highest BCUT2D eigenvalue weighted by Crippen LogP contribution is 2.25. The average molecular weight is 424 g/mol. The van der Waals surface area contributed by atoms with E-state index in [0.717, 1.165) is 22.4 Å². The van der Waals surface area contributed by atoms with Gasteiger partial charge in [-0.1, -0.05) is 29.8 Å². The van der Waals surface area contributed by atoms with Crippen LogP contribution in [0, 0.1) is 0 Å². The highest BCUT2D eigenvalue weighted by atomic mass is 35.5. The van der Waals surface area contributed by atoms with Gasteiger partial charge in [-0.25, -0.2) is 4.79 Å². The Labute approximate surface area is 180 Å². The van der Waals surface area contributed by atoms with Crippen molar-refractivity contribution >= 4 is 23.3 Å². The molecule has 0 fully saturated rings. The number of nitrogens with one attached hydrogen (secondary N) is 1. The molecule has 4 rings (SSSR count). The number of benzene rings is 2. The maximum absolute atomic E-state index is 12.7. The maximum Gasteiger partial charge on any atom is 0.322 e. The molecule has 2 aromatic carbocycles. The number of carbonyl (C=O) groups excluding carboxylic acids is 1. The molecular formula is C23H22ClN3O3. The van der Waals surface area contributed by atoms with Crippen LogP contribution in [0.5, 0.6) is 5.75 Å². The molecule has 3 aromatic rings. The summed E-state index contributed by atoms with van der Waals surface area (Å²) in [5, 5.41) is 3.59. The van der Waals surface area contributed by atoms with Gasteiger partial charge in [-0.05, 0) is 47.5 Å². The van der Waals surface area contributed by atoms with Crippen molar-refractivity contribution in [3.8, 4) is 5.75 Å². The number of pyridine rings is 1. The van der Waals surface area contributed by atoms with Crippen molar-refractivity contribution in [3.63, 3.8) is 0 Å². The molecule has 6 nitrogen and oxygen atoms in total. The molecule has 1 N–H and O–H groups in total. The van der Waals surface area contributed by atoms with E-state index in [1.54, 1.807) is 23.4 Å². The minimum absolute atomic E-state index is 0.177. The highest BCUT2D eigenvalue weighted by molar-refractivity contribution is 6.30. The third kappa shape index (κ3) is 5.28. The van der Waals surface area contributed by atoms with Crippen molar-refractivity contribution in [2.45, 2.75) is 19.8 Å². The lowest BCUT2D eigenvalue weighted by molar-refractivity contribution is 0.107. The molecule has 0 atom stereocenters. The molecule has 30 heavy (non-hydrogen) atoms. The van der Waals surface area contributed by atoms with E-state index in [2.05, 4.69) is 10.3 Å². The fourth-order valence-electron chi connectivity index (χ4n) is 3.22. The monoisotopic (exact) mass is 423 g/mol. The SMILES string of the molecule is O=C(Nc1cccnc1)N1CCOc2ccc(COCc3ccc(Cl)cc3)cc2C1. The lowest BCUT2D eigenvalue weighted by atomic mass is 10.1. The Morgan fingerprint density at radius 3 is 2.73 bits per heavy atom. The molecule has 0 saturated heterocycles. The van der Waals surface area contributed by atoms with Gasteiger partial charge in [0.15, 0.2) is 0 Å². The number of hydrogen-bond acceptors (Lipinski definition) is 4. The van der Waals surface area contributed by atoms with Crippen LogP contribution in [0.4, 0.5) is 10.5 Å². The van der Waals surface area contributed by atoms with Gasteiger partial charge in [0.1, 0.15) is 12.4 Å². The normalized spacial score (nSPS) is 13.2. The van der Waals surface area contributed by atoms with Gasteiger partial charge in [-0.3, -0.25) is 4.98 Å². The molecule has 1 aromatic heterocycles. The Morgan fingerprint density at radius 1 is 1.13 bits per heavy atom. The number of nitrogens with zero attached hydrogens (tertiary/aromatic N) is 2. The molecule has 1 aliphatic heterocycles. The number of halogens is 1. The third-order valence-electron chi connectivity index (χ3n) is 4.76. The minimum atomic E-state index is -0.177. The number of amides is 2. The molecule has 2 amide bonds. The topological polar surface area (TPSA) is 63.7 Å². The number of urea groups is 1. The van der Waals surface area contributed by atoms with Crippen LogP contribution in [0.15, 0.2) is 67.0 Å². The summed E-state index contributed by atoms with van der Waals surface area (Å²) in [5.41, 5.74) is 3.72. The van der Waals surface area contributed by atoms with E-state index in [-0.39, 0.29) is 6.03 Å². The molecule has 0 aliphatic carbocycles. The summed E-state index contributed by atoms with van der Waals surface area (Å²) in [4.78, 5) is 18.4. The van der Waals surface area contributed by atoms with Gasteiger partial charge >= 0.3 is 6.03 Å². The number of hydrogen-bond donors (Lipinski definition) is 1. The fourth-order valence-corrected chi connectivity index (χ4v) is 3.34. The molecule has 1 aliphatic rings. The highest BCUT2D eigenvalue weighted by Gasteiger charge is 2.20. The van der Waals surface area contributed by atoms with E-state index in [1.807, 2.05) is 48.5 Å². The zero-order chi connectivity index (χ0) is 20.8. The second-order valence-electron chi connectivity index (χ2n) is 7.00. The number of fused-ring (bicyclic) bond motifs is 1. The van der Waals surface area contributed by atoms with Crippen molar-refractivity contribution in [2.75, 3.05) is 18.5 Å². The maximum atomic E-state index is 12.7. The Bertz CT molecular complexity index is 996. The van der Waals surface area contributed by atoms with Crippen LogP contribution in [0.25, 0.3) is 0 Å². The van der Waals surface area contributed by atoms with Crippen molar-refractivity contribution in [2.24, 2.45) is 0 Å². The molecule has 0 bridgehead atoms. The first-order chi connectivity index (χ1) is 14.7. The summed E-state index contributed by atoms with van der Waals surface area (Å²) in [7, 11) is 0. The van der Waals surface area contributed by atoms with Crippen LogP contribution in [0.3, 0.4) is 0 Å². The fraction of sp³-hybridized carbons (Fsp3) is 0.217. The van der Waals surface area contributed by atoms with Crippen molar-refractivity contribution in [1.29, 1.82) is 0 Å². The van der Waals surface area contributed by atoms with Crippen molar-refractivity contribution in [3.05, 3.63) is 88.7 Å². The standard InChI is InChI=1S/C23H22ClN3O3/c24-20-6-3-17(4-7-20)15-29-16-18-5-8-22-19(12-18)14-27(10-11-30-22)23(28)26-21-2-1-9-25-13-21/h1-9,12-13H,10-11,14-16H2,(H,26,28). The van der Waals surface area contributed by atoms with Gasteiger partial charge in [0.25, 0.3) is 0 Å². The molecule has 154 valence electrons. The lowest BCUT2D eigenvalue weighted by Crippen LogP contribution is -2.36. The molecule has 0 spiro atoms. The van der Waals surface area contributed by atoms with Crippen LogP contribution in [0.2, 0.25) is 5.02 Å². The smallest absolute Gasteiger partial charge is 0.322 e. The second-order valence-corrected chi connectivity index (χ2v) is 7.44. The number of aromatic nitrogens is 1. The summed E-state index contributed by atoms with van der Waals surface area (Å²) in [6, 6.07) is 17.0. The number of rotatable bonds is 5. The van der Waals surface area contributed by atoms with Gasteiger partial charge in [-0.15, -0.1) is 0 Å². The Hall–Kier alpha value is -3.09. The van der Waals surface area contributed by atoms with Gasteiger partial charge in [0.05, 0.1) is 38.2 Å². The number of carbonyl (C=O) groups is 1. The second kappa shape index (κ2) is 9.61. The first-order valence-electron chi connectivity index (χ1n) is 9.70. The van der Waals surface area contributed by atoms with Crippen molar-refractivity contribution < 1.29 is 14.3 Å². The van der Waals surface area contributed by atoms with Crippen LogP contribution in [-0.4, -0.2) is 29.1 Å². The third-order valence-corrected chi connectivity index (χ3v) is 5.01. The van der Waals surface area contributed by atoms with Crippen LogP contribution in [0.1, 0.15) is 16.7 Å². The molecule has 0 saturated carbocycles. The quantitative estimate of drug-likeness (QED) is 0.635. The first-order valence-corrected chi connectivity index (χ1v) is 10.1. The van der Waals surface area contributed by atoms with Crippen molar-refractivity contribution in [1.82, 2.24) is 9.88 Å². The zero-order valence-electron chi connectivity index (χ0n) is 16.4. The first kappa shape index (κ1) is 20.2. The largest absolute Gasteiger partial charge is 0.491 e. The molecular weight excluding hydrogens is 402 g/mol. The molecule has 0 radical (unpaired) electrons. The summed E-state index contributed by atoms with van der Waals surface area (Å²) in [6.07, 6.45) is 3.29. The van der Waals surface area contributed by atoms with E-state index in [9.17, 15) is 4.79 Å². The molecule has 7 heteroatoms. The van der Waals surface area contributed by atoms with Crippen LogP contribution in [-0.2, 0) is 24.5 Å². The van der Waals surface area contributed by atoms with Gasteiger partial charge in [0.2, 0.25) is 0 Å². The molecule has 2 heterocycles. The molecule has 0 unspecified atom stereocenters. The predicted molar refractivity (Wildman–Crippen MR) is 116 cm³/mol. The Balaban J connectivity index is 1.38. The lowest BCUT2D eigenvalue weighted by Gasteiger charge is -2.20. The predicted octanol–water partition coefficient (Wildman–Crippen LogP) is 4.88. The van der Waals surface area contributed by atoms with Crippen LogP contribution < -0.4 is 10.1 Å². The summed E-state index contributed by atoms with van der Waals surface area (Å²) in [5.74, 6) is 0.799. The van der Waals surface area contributed by atoms with Gasteiger partial charge in [0, 0.05) is 16.8 Å². The summed E-state index contributed by atoms with van der Waals surface area (Å²) >= 11 is 5.91. The number of anilines is 1. The van der Waals surface area contributed by atoms with E-state index in [0.29, 0.717) is 43.6 Å². The van der Waals surface area contributed by atoms with E-state index >= 15 is 0 Å².